The molecule has 0 saturated heterocycles. The van der Waals surface area contributed by atoms with Crippen LogP contribution in [-0.4, -0.2) is 33.5 Å². The maximum atomic E-state index is 12.5. The predicted molar refractivity (Wildman–Crippen MR) is 126 cm³/mol. The number of halogens is 1. The van der Waals surface area contributed by atoms with Crippen LogP contribution >= 0.6 is 15.9 Å². The Hall–Kier alpha value is -3.52. The van der Waals surface area contributed by atoms with Gasteiger partial charge in [-0.1, -0.05) is 12.1 Å². The fourth-order valence-electron chi connectivity index (χ4n) is 2.92. The van der Waals surface area contributed by atoms with Gasteiger partial charge in [0.05, 0.1) is 37.6 Å². The summed E-state index contributed by atoms with van der Waals surface area (Å²) in [5.41, 5.74) is 4.48. The molecular weight excluding hydrogens is 476 g/mol. The molecule has 0 bridgehead atoms. The van der Waals surface area contributed by atoms with Gasteiger partial charge in [-0.2, -0.15) is 5.10 Å². The van der Waals surface area contributed by atoms with Gasteiger partial charge in [-0.3, -0.25) is 4.79 Å². The van der Waals surface area contributed by atoms with E-state index in [9.17, 15) is 4.79 Å². The number of nitrogens with zero attached hydrogens (tertiary/aromatic N) is 1. The number of methoxy groups -OCH3 is 3. The number of rotatable bonds is 9. The zero-order valence-electron chi connectivity index (χ0n) is 17.9. The van der Waals surface area contributed by atoms with Crippen LogP contribution in [0.4, 0.5) is 0 Å². The van der Waals surface area contributed by atoms with Crippen molar-refractivity contribution in [2.75, 3.05) is 21.3 Å². The maximum Gasteiger partial charge on any atom is 0.275 e. The summed E-state index contributed by atoms with van der Waals surface area (Å²) >= 11 is 3.47. The Morgan fingerprint density at radius 1 is 0.938 bits per heavy atom. The first-order valence-electron chi connectivity index (χ1n) is 9.65. The summed E-state index contributed by atoms with van der Waals surface area (Å²) in [6.45, 7) is 0.308. The minimum absolute atomic E-state index is 0.308. The normalized spacial score (nSPS) is 10.6. The summed E-state index contributed by atoms with van der Waals surface area (Å²) in [6.07, 6.45) is 1.55. The number of hydrogen-bond acceptors (Lipinski definition) is 6. The second-order valence-electron chi connectivity index (χ2n) is 6.56. The van der Waals surface area contributed by atoms with Gasteiger partial charge in [0.25, 0.3) is 5.91 Å². The molecule has 3 rings (SSSR count). The third kappa shape index (κ3) is 5.79. The van der Waals surface area contributed by atoms with Gasteiger partial charge in [-0.15, -0.1) is 0 Å². The molecule has 32 heavy (non-hydrogen) atoms. The summed E-state index contributed by atoms with van der Waals surface area (Å²) in [5.74, 6) is 2.02. The first kappa shape index (κ1) is 23.1. The van der Waals surface area contributed by atoms with Gasteiger partial charge in [0.1, 0.15) is 29.6 Å². The molecule has 7 nitrogen and oxygen atoms in total. The van der Waals surface area contributed by atoms with Crippen molar-refractivity contribution in [3.05, 3.63) is 81.8 Å². The highest BCUT2D eigenvalue weighted by atomic mass is 79.9. The number of carbonyl (C=O) groups excluding carboxylic acids is 1. The van der Waals surface area contributed by atoms with Crippen LogP contribution in [0, 0.1) is 0 Å². The van der Waals surface area contributed by atoms with E-state index in [1.807, 2.05) is 42.5 Å². The molecule has 0 aliphatic heterocycles. The van der Waals surface area contributed by atoms with Gasteiger partial charge < -0.3 is 18.9 Å². The Bertz CT molecular complexity index is 1120. The molecule has 0 atom stereocenters. The van der Waals surface area contributed by atoms with Crippen molar-refractivity contribution >= 4 is 28.1 Å². The van der Waals surface area contributed by atoms with Gasteiger partial charge in [0.2, 0.25) is 0 Å². The van der Waals surface area contributed by atoms with Gasteiger partial charge in [-0.25, -0.2) is 5.43 Å². The summed E-state index contributed by atoms with van der Waals surface area (Å²) in [7, 11) is 4.64. The lowest BCUT2D eigenvalue weighted by Gasteiger charge is -2.12. The van der Waals surface area contributed by atoms with E-state index >= 15 is 0 Å². The standard InChI is InChI=1S/C24H23BrN2O5/c1-29-18-9-10-19(23(13-18)31-3)24(28)27-26-14-16-8-11-21(30-2)17(12-16)15-32-22-7-5-4-6-20(22)25/h4-14H,15H2,1-3H3,(H,27,28)/b26-14+. The minimum atomic E-state index is -0.397. The third-order valence-corrected chi connectivity index (χ3v) is 5.21. The SMILES string of the molecule is COc1ccc(C(=O)N/N=C/c2ccc(OC)c(COc3ccccc3Br)c2)c(OC)c1. The number of hydrazone groups is 1. The highest BCUT2D eigenvalue weighted by Crippen LogP contribution is 2.27. The minimum Gasteiger partial charge on any atom is -0.497 e. The molecule has 3 aromatic carbocycles. The highest BCUT2D eigenvalue weighted by Gasteiger charge is 2.13. The molecule has 3 aromatic rings. The molecular formula is C24H23BrN2O5. The van der Waals surface area contributed by atoms with Crippen LogP contribution in [0.25, 0.3) is 0 Å². The molecule has 0 saturated carbocycles. The van der Waals surface area contributed by atoms with Crippen LogP contribution in [0.5, 0.6) is 23.0 Å². The smallest absolute Gasteiger partial charge is 0.275 e. The monoisotopic (exact) mass is 498 g/mol. The van der Waals surface area contributed by atoms with E-state index in [4.69, 9.17) is 18.9 Å². The first-order chi connectivity index (χ1) is 15.5. The third-order valence-electron chi connectivity index (χ3n) is 4.56. The van der Waals surface area contributed by atoms with Crippen molar-refractivity contribution < 1.29 is 23.7 Å². The van der Waals surface area contributed by atoms with Crippen molar-refractivity contribution in [3.8, 4) is 23.0 Å². The van der Waals surface area contributed by atoms with Crippen molar-refractivity contribution in [2.45, 2.75) is 6.61 Å². The van der Waals surface area contributed by atoms with E-state index in [-0.39, 0.29) is 0 Å². The Kier molecular flexibility index (Phi) is 8.10. The van der Waals surface area contributed by atoms with Gasteiger partial charge >= 0.3 is 0 Å². The summed E-state index contributed by atoms with van der Waals surface area (Å²) in [5, 5.41) is 4.06. The molecule has 1 amide bonds. The average Bonchev–Trinajstić information content (AvgIpc) is 2.83. The molecule has 0 aliphatic rings. The molecule has 0 aromatic heterocycles. The second kappa shape index (κ2) is 11.2. The van der Waals surface area contributed by atoms with Gasteiger partial charge in [0, 0.05) is 11.6 Å². The summed E-state index contributed by atoms with van der Waals surface area (Å²) in [4.78, 5) is 12.5. The quantitative estimate of drug-likeness (QED) is 0.338. The van der Waals surface area contributed by atoms with Gasteiger partial charge in [-0.05, 0) is 64.0 Å². The fraction of sp³-hybridized carbons (Fsp3) is 0.167. The lowest BCUT2D eigenvalue weighted by molar-refractivity contribution is 0.0952. The number of amides is 1. The molecule has 0 aliphatic carbocycles. The van der Waals surface area contributed by atoms with Crippen LogP contribution in [0.1, 0.15) is 21.5 Å². The number of carbonyl (C=O) groups is 1. The van der Waals surface area contributed by atoms with Crippen LogP contribution in [-0.2, 0) is 6.61 Å². The largest absolute Gasteiger partial charge is 0.497 e. The molecule has 8 heteroatoms. The molecule has 166 valence electrons. The zero-order valence-corrected chi connectivity index (χ0v) is 19.5. The fourth-order valence-corrected chi connectivity index (χ4v) is 3.32. The Balaban J connectivity index is 1.70. The van der Waals surface area contributed by atoms with Crippen molar-refractivity contribution in [1.29, 1.82) is 0 Å². The number of nitrogens with one attached hydrogen (secondary N) is 1. The van der Waals surface area contributed by atoms with E-state index < -0.39 is 5.91 Å². The van der Waals surface area contributed by atoms with Gasteiger partial charge in [0.15, 0.2) is 0 Å². The summed E-state index contributed by atoms with van der Waals surface area (Å²) < 4.78 is 22.6. The Morgan fingerprint density at radius 2 is 1.72 bits per heavy atom. The lowest BCUT2D eigenvalue weighted by Crippen LogP contribution is -2.18. The van der Waals surface area contributed by atoms with E-state index in [1.54, 1.807) is 38.6 Å². The van der Waals surface area contributed by atoms with E-state index in [0.717, 1.165) is 21.3 Å². The maximum absolute atomic E-state index is 12.5. The first-order valence-corrected chi connectivity index (χ1v) is 10.4. The van der Waals surface area contributed by atoms with Crippen LogP contribution in [0.3, 0.4) is 0 Å². The van der Waals surface area contributed by atoms with Crippen LogP contribution < -0.4 is 24.4 Å². The Morgan fingerprint density at radius 3 is 2.44 bits per heavy atom. The molecule has 0 heterocycles. The molecule has 0 radical (unpaired) electrons. The average molecular weight is 499 g/mol. The number of benzene rings is 3. The molecule has 0 spiro atoms. The van der Waals surface area contributed by atoms with Crippen molar-refractivity contribution in [2.24, 2.45) is 5.10 Å². The summed E-state index contributed by atoms with van der Waals surface area (Å²) in [6, 6.07) is 18.1. The topological polar surface area (TPSA) is 78.4 Å². The number of ether oxygens (including phenoxy) is 4. The molecule has 0 unspecified atom stereocenters. The van der Waals surface area contributed by atoms with E-state index in [1.165, 1.54) is 7.11 Å². The van der Waals surface area contributed by atoms with Crippen molar-refractivity contribution in [1.82, 2.24) is 5.43 Å². The van der Waals surface area contributed by atoms with Crippen LogP contribution in [0.2, 0.25) is 0 Å². The highest BCUT2D eigenvalue weighted by molar-refractivity contribution is 9.10. The van der Waals surface area contributed by atoms with E-state index in [2.05, 4.69) is 26.5 Å². The van der Waals surface area contributed by atoms with Crippen LogP contribution in [0.15, 0.2) is 70.2 Å². The number of para-hydroxylation sites is 1. The zero-order chi connectivity index (χ0) is 22.9. The molecule has 1 N–H and O–H groups in total. The predicted octanol–water partition coefficient (Wildman–Crippen LogP) is 4.82. The number of hydrogen-bond donors (Lipinski definition) is 1. The molecule has 0 fully saturated rings. The second-order valence-corrected chi connectivity index (χ2v) is 7.41. The van der Waals surface area contributed by atoms with E-state index in [0.29, 0.717) is 29.4 Å². The lowest BCUT2D eigenvalue weighted by atomic mass is 10.1. The van der Waals surface area contributed by atoms with Crippen molar-refractivity contribution in [3.63, 3.8) is 0 Å². The Labute approximate surface area is 195 Å².